The van der Waals surface area contributed by atoms with Gasteiger partial charge in [-0.25, -0.2) is 4.79 Å². The van der Waals surface area contributed by atoms with Crippen LogP contribution < -0.4 is 10.9 Å². The van der Waals surface area contributed by atoms with E-state index in [0.29, 0.717) is 6.61 Å². The summed E-state index contributed by atoms with van der Waals surface area (Å²) in [4.78, 5) is 37.4. The molecule has 0 spiro atoms. The molecule has 0 atom stereocenters. The summed E-state index contributed by atoms with van der Waals surface area (Å²) in [6.45, 7) is 2.58. The molecule has 1 aliphatic carbocycles. The molecular weight excluding hydrogens is 356 g/mol. The van der Waals surface area contributed by atoms with E-state index in [0.717, 1.165) is 30.4 Å². The van der Waals surface area contributed by atoms with E-state index in [4.69, 9.17) is 4.74 Å². The number of carbonyl (C=O) groups excluding carboxylic acids is 2. The second-order valence-corrected chi connectivity index (χ2v) is 6.74. The maximum atomic E-state index is 12.8. The third kappa shape index (κ3) is 4.06. The molecule has 0 saturated carbocycles. The first kappa shape index (κ1) is 19.6. The highest BCUT2D eigenvalue weighted by Crippen LogP contribution is 2.23. The first-order chi connectivity index (χ1) is 13.5. The van der Waals surface area contributed by atoms with Crippen LogP contribution in [-0.4, -0.2) is 30.1 Å². The highest BCUT2D eigenvalue weighted by atomic mass is 16.5. The standard InChI is InChI=1S/C22H24N2O4/c1-3-4-11-28-22(27)17-12-19(20(25)23-2)21(26)24(14-17)13-16-9-5-7-15-8-6-10-18(15)16/h5-7,9-10,12,14H,3-4,8,11,13H2,1-2H3,(H,23,25). The van der Waals surface area contributed by atoms with Crippen molar-refractivity contribution in [3.63, 3.8) is 0 Å². The van der Waals surface area contributed by atoms with Crippen molar-refractivity contribution in [1.29, 1.82) is 0 Å². The minimum absolute atomic E-state index is 0.0736. The van der Waals surface area contributed by atoms with E-state index in [2.05, 4.69) is 17.5 Å². The van der Waals surface area contributed by atoms with Gasteiger partial charge in [-0.05, 0) is 35.6 Å². The van der Waals surface area contributed by atoms with Crippen molar-refractivity contribution in [2.45, 2.75) is 32.7 Å². The van der Waals surface area contributed by atoms with Crippen LogP contribution in [-0.2, 0) is 17.7 Å². The van der Waals surface area contributed by atoms with E-state index in [1.54, 1.807) is 0 Å². The lowest BCUT2D eigenvalue weighted by molar-refractivity contribution is 0.0498. The van der Waals surface area contributed by atoms with E-state index in [-0.39, 0.29) is 17.7 Å². The fourth-order valence-electron chi connectivity index (χ4n) is 3.24. The molecule has 0 saturated heterocycles. The minimum atomic E-state index is -0.537. The Labute approximate surface area is 163 Å². The number of unbranched alkanes of at least 4 members (excludes halogenated alkanes) is 1. The summed E-state index contributed by atoms with van der Waals surface area (Å²) in [6.07, 6.45) is 8.12. The second-order valence-electron chi connectivity index (χ2n) is 6.74. The lowest BCUT2D eigenvalue weighted by atomic mass is 10.0. The van der Waals surface area contributed by atoms with E-state index in [9.17, 15) is 14.4 Å². The molecule has 0 unspecified atom stereocenters. The molecule has 1 aromatic carbocycles. The monoisotopic (exact) mass is 380 g/mol. The number of rotatable bonds is 7. The molecule has 0 fully saturated rings. The Kier molecular flexibility index (Phi) is 6.09. The summed E-state index contributed by atoms with van der Waals surface area (Å²) in [5, 5.41) is 2.46. The van der Waals surface area contributed by atoms with Gasteiger partial charge in [0, 0.05) is 13.2 Å². The molecule has 0 radical (unpaired) electrons. The average Bonchev–Trinajstić information content (AvgIpc) is 3.18. The van der Waals surface area contributed by atoms with Crippen LogP contribution >= 0.6 is 0 Å². The molecule has 0 aliphatic heterocycles. The Balaban J connectivity index is 2.00. The van der Waals surface area contributed by atoms with Gasteiger partial charge in [-0.1, -0.05) is 43.7 Å². The number of amides is 1. The molecule has 1 N–H and O–H groups in total. The molecule has 1 amide bonds. The van der Waals surface area contributed by atoms with Crippen LogP contribution in [0.2, 0.25) is 0 Å². The topological polar surface area (TPSA) is 77.4 Å². The predicted molar refractivity (Wildman–Crippen MR) is 108 cm³/mol. The second kappa shape index (κ2) is 8.69. The molecule has 6 nitrogen and oxygen atoms in total. The predicted octanol–water partition coefficient (Wildman–Crippen LogP) is 2.78. The number of nitrogens with one attached hydrogen (secondary N) is 1. The van der Waals surface area contributed by atoms with Gasteiger partial charge < -0.3 is 14.6 Å². The zero-order chi connectivity index (χ0) is 20.1. The van der Waals surface area contributed by atoms with Crippen molar-refractivity contribution in [2.24, 2.45) is 0 Å². The normalized spacial score (nSPS) is 11.9. The molecule has 0 bridgehead atoms. The number of benzene rings is 1. The zero-order valence-electron chi connectivity index (χ0n) is 16.2. The van der Waals surface area contributed by atoms with Crippen LogP contribution in [0.15, 0.2) is 41.3 Å². The smallest absolute Gasteiger partial charge is 0.339 e. The van der Waals surface area contributed by atoms with Gasteiger partial charge in [0.1, 0.15) is 5.56 Å². The van der Waals surface area contributed by atoms with Gasteiger partial charge >= 0.3 is 5.97 Å². The summed E-state index contributed by atoms with van der Waals surface area (Å²) in [7, 11) is 1.45. The summed E-state index contributed by atoms with van der Waals surface area (Å²) < 4.78 is 6.66. The van der Waals surface area contributed by atoms with Crippen molar-refractivity contribution >= 4 is 18.0 Å². The Morgan fingerprint density at radius 1 is 1.29 bits per heavy atom. The number of esters is 1. The third-order valence-electron chi connectivity index (χ3n) is 4.77. The van der Waals surface area contributed by atoms with Crippen LogP contribution in [0.4, 0.5) is 0 Å². The Hall–Kier alpha value is -3.15. The van der Waals surface area contributed by atoms with Crippen molar-refractivity contribution in [2.75, 3.05) is 13.7 Å². The zero-order valence-corrected chi connectivity index (χ0v) is 16.2. The fourth-order valence-corrected chi connectivity index (χ4v) is 3.24. The van der Waals surface area contributed by atoms with Gasteiger partial charge in [0.2, 0.25) is 0 Å². The maximum Gasteiger partial charge on any atom is 0.339 e. The SMILES string of the molecule is CCCCOC(=O)c1cc(C(=O)NC)c(=O)n(Cc2cccc3c2C=CC3)c1. The van der Waals surface area contributed by atoms with E-state index in [1.165, 1.54) is 29.4 Å². The van der Waals surface area contributed by atoms with Gasteiger partial charge in [-0.2, -0.15) is 0 Å². The van der Waals surface area contributed by atoms with Crippen molar-refractivity contribution in [3.05, 3.63) is 74.7 Å². The molecule has 1 aliphatic rings. The van der Waals surface area contributed by atoms with Crippen LogP contribution in [0.3, 0.4) is 0 Å². The number of hydrogen-bond donors (Lipinski definition) is 1. The number of allylic oxidation sites excluding steroid dienone is 1. The summed E-state index contributed by atoms with van der Waals surface area (Å²) in [5.74, 6) is -1.06. The van der Waals surface area contributed by atoms with Gasteiger partial charge in [0.05, 0.1) is 18.7 Å². The van der Waals surface area contributed by atoms with Gasteiger partial charge in [-0.15, -0.1) is 0 Å². The van der Waals surface area contributed by atoms with Crippen LogP contribution in [0.1, 0.15) is 57.2 Å². The number of pyridine rings is 1. The highest BCUT2D eigenvalue weighted by Gasteiger charge is 2.19. The summed E-state index contributed by atoms with van der Waals surface area (Å²) in [5.41, 5.74) is 2.93. The lowest BCUT2D eigenvalue weighted by Crippen LogP contribution is -2.32. The van der Waals surface area contributed by atoms with Crippen LogP contribution in [0.25, 0.3) is 6.08 Å². The van der Waals surface area contributed by atoms with E-state index in [1.807, 2.05) is 25.1 Å². The average molecular weight is 380 g/mol. The fraction of sp³-hybridized carbons (Fsp3) is 0.318. The number of nitrogens with zero attached hydrogens (tertiary/aromatic N) is 1. The molecule has 3 rings (SSSR count). The Bertz CT molecular complexity index is 989. The molecule has 1 heterocycles. The molecular formula is C22H24N2O4. The first-order valence-corrected chi connectivity index (χ1v) is 9.46. The number of fused-ring (bicyclic) bond motifs is 1. The van der Waals surface area contributed by atoms with Crippen molar-refractivity contribution in [1.82, 2.24) is 9.88 Å². The van der Waals surface area contributed by atoms with Crippen molar-refractivity contribution < 1.29 is 14.3 Å². The molecule has 6 heteroatoms. The minimum Gasteiger partial charge on any atom is -0.462 e. The Morgan fingerprint density at radius 3 is 2.86 bits per heavy atom. The summed E-state index contributed by atoms with van der Waals surface area (Å²) >= 11 is 0. The van der Waals surface area contributed by atoms with Crippen LogP contribution in [0, 0.1) is 0 Å². The summed E-state index contributed by atoms with van der Waals surface area (Å²) in [6, 6.07) is 7.27. The number of aromatic nitrogens is 1. The van der Waals surface area contributed by atoms with Gasteiger partial charge in [0.25, 0.3) is 11.5 Å². The van der Waals surface area contributed by atoms with Crippen molar-refractivity contribution in [3.8, 4) is 0 Å². The quantitative estimate of drug-likeness (QED) is 0.592. The van der Waals surface area contributed by atoms with Crippen LogP contribution in [0.5, 0.6) is 0 Å². The maximum absolute atomic E-state index is 12.8. The lowest BCUT2D eigenvalue weighted by Gasteiger charge is -2.13. The first-order valence-electron chi connectivity index (χ1n) is 9.46. The third-order valence-corrected chi connectivity index (χ3v) is 4.77. The Morgan fingerprint density at radius 2 is 2.11 bits per heavy atom. The number of carbonyl (C=O) groups is 2. The molecule has 2 aromatic rings. The van der Waals surface area contributed by atoms with E-state index >= 15 is 0 Å². The highest BCUT2D eigenvalue weighted by molar-refractivity contribution is 5.97. The van der Waals surface area contributed by atoms with E-state index < -0.39 is 17.4 Å². The molecule has 28 heavy (non-hydrogen) atoms. The largest absolute Gasteiger partial charge is 0.462 e. The number of ether oxygens (including phenoxy) is 1. The molecule has 1 aromatic heterocycles. The van der Waals surface area contributed by atoms with Gasteiger partial charge in [-0.3, -0.25) is 9.59 Å². The number of hydrogen-bond acceptors (Lipinski definition) is 4. The van der Waals surface area contributed by atoms with Gasteiger partial charge in [0.15, 0.2) is 0 Å². The molecule has 146 valence electrons.